The van der Waals surface area contributed by atoms with Gasteiger partial charge in [-0.2, -0.15) is 18.3 Å². The lowest BCUT2D eigenvalue weighted by molar-refractivity contribution is -0.142. The van der Waals surface area contributed by atoms with E-state index in [1.54, 1.807) is 24.3 Å². The van der Waals surface area contributed by atoms with E-state index in [0.29, 0.717) is 17.8 Å². The fourth-order valence-corrected chi connectivity index (χ4v) is 3.48. The molecule has 132 valence electrons. The smallest absolute Gasteiger partial charge is 0.435 e. The Morgan fingerprint density at radius 2 is 2.16 bits per heavy atom. The van der Waals surface area contributed by atoms with Gasteiger partial charge in [0.05, 0.1) is 30.9 Å². The topological polar surface area (TPSA) is 44.1 Å². The first-order valence-corrected chi connectivity index (χ1v) is 7.77. The number of nitrogens with zero attached hydrogens (tertiary/aromatic N) is 2. The average Bonchev–Trinajstić information content (AvgIpc) is 3.08. The number of halogens is 4. The molecule has 4 nitrogen and oxygen atoms in total. The molecule has 0 radical (unpaired) electrons. The van der Waals surface area contributed by atoms with Crippen LogP contribution in [0.15, 0.2) is 35.6 Å². The second-order valence-electron chi connectivity index (χ2n) is 6.40. The van der Waals surface area contributed by atoms with Crippen LogP contribution in [0.4, 0.5) is 17.6 Å². The summed E-state index contributed by atoms with van der Waals surface area (Å²) in [6.45, 7) is -0.0447. The van der Waals surface area contributed by atoms with E-state index in [1.165, 1.54) is 7.11 Å². The minimum atomic E-state index is -4.80. The number of fused-ring (bicyclic) bond motifs is 3. The van der Waals surface area contributed by atoms with Crippen LogP contribution in [-0.4, -0.2) is 22.7 Å². The van der Waals surface area contributed by atoms with E-state index >= 15 is 0 Å². The molecule has 8 heteroatoms. The molecule has 2 unspecified atom stereocenters. The summed E-state index contributed by atoms with van der Waals surface area (Å²) < 4.78 is 60.6. The average molecular weight is 354 g/mol. The highest BCUT2D eigenvalue weighted by atomic mass is 19.4. The molecule has 0 N–H and O–H groups in total. The minimum Gasteiger partial charge on any atom is -0.501 e. The summed E-state index contributed by atoms with van der Waals surface area (Å²) in [7, 11) is 1.53. The van der Waals surface area contributed by atoms with E-state index in [4.69, 9.17) is 4.74 Å². The highest BCUT2D eigenvalue weighted by Gasteiger charge is 2.71. The van der Waals surface area contributed by atoms with Crippen molar-refractivity contribution in [2.75, 3.05) is 7.11 Å². The molecule has 2 atom stereocenters. The van der Waals surface area contributed by atoms with Crippen LogP contribution in [0.5, 0.6) is 0 Å². The second kappa shape index (κ2) is 5.06. The number of ether oxygens (including phenoxy) is 1. The van der Waals surface area contributed by atoms with E-state index in [0.717, 1.165) is 4.68 Å². The summed E-state index contributed by atoms with van der Waals surface area (Å²) >= 11 is 0. The van der Waals surface area contributed by atoms with Gasteiger partial charge in [0.15, 0.2) is 17.1 Å². The molecule has 1 heterocycles. The van der Waals surface area contributed by atoms with E-state index in [2.05, 4.69) is 5.10 Å². The minimum absolute atomic E-state index is 0.0447. The van der Waals surface area contributed by atoms with Gasteiger partial charge in [0.25, 0.3) is 0 Å². The van der Waals surface area contributed by atoms with Gasteiger partial charge >= 0.3 is 6.18 Å². The van der Waals surface area contributed by atoms with Crippen molar-refractivity contribution in [3.8, 4) is 0 Å². The largest absolute Gasteiger partial charge is 0.501 e. The maximum absolute atomic E-state index is 14.6. The second-order valence-corrected chi connectivity index (χ2v) is 6.40. The third-order valence-electron chi connectivity index (χ3n) is 4.81. The van der Waals surface area contributed by atoms with Gasteiger partial charge in [0, 0.05) is 12.8 Å². The first-order valence-electron chi connectivity index (χ1n) is 7.77. The van der Waals surface area contributed by atoms with Gasteiger partial charge in [0.2, 0.25) is 0 Å². The van der Waals surface area contributed by atoms with Gasteiger partial charge < -0.3 is 4.74 Å². The van der Waals surface area contributed by atoms with Gasteiger partial charge in [-0.05, 0) is 11.6 Å². The van der Waals surface area contributed by atoms with Crippen LogP contribution in [0.1, 0.15) is 34.6 Å². The molecule has 3 aliphatic rings. The molecule has 1 aromatic heterocycles. The summed E-state index contributed by atoms with van der Waals surface area (Å²) in [5, 5.41) is 3.54. The molecule has 0 saturated heterocycles. The summed E-state index contributed by atoms with van der Waals surface area (Å²) in [4.78, 5) is 12.3. The molecule has 0 aromatic carbocycles. The fourth-order valence-electron chi connectivity index (χ4n) is 3.48. The van der Waals surface area contributed by atoms with Crippen LogP contribution in [0.25, 0.3) is 0 Å². The molecular formula is C17H14F4N2O2. The Bertz CT molecular complexity index is 863. The molecule has 25 heavy (non-hydrogen) atoms. The van der Waals surface area contributed by atoms with Crippen molar-refractivity contribution in [1.29, 1.82) is 0 Å². The van der Waals surface area contributed by atoms with Crippen LogP contribution in [0.3, 0.4) is 0 Å². The number of allylic oxidation sites excluding steroid dienone is 5. The summed E-state index contributed by atoms with van der Waals surface area (Å²) in [6.07, 6.45) is 2.50. The standard InChI is InChI=1S/C17H14F4N2O2/c1-25-10-4-2-3-9(5-6-10)8-23-13-12(15(22-23)17(19,20)21)16(18)7-11(16)14(13)24/h2-3,5-6,11H,4,7-8H2,1H3. The molecule has 1 saturated carbocycles. The molecule has 0 bridgehead atoms. The summed E-state index contributed by atoms with van der Waals surface area (Å²) in [6, 6.07) is 0. The van der Waals surface area contributed by atoms with Crippen molar-refractivity contribution in [1.82, 2.24) is 9.78 Å². The number of alkyl halides is 4. The lowest BCUT2D eigenvalue weighted by Gasteiger charge is -2.07. The predicted octanol–water partition coefficient (Wildman–Crippen LogP) is 3.70. The Kier molecular flexibility index (Phi) is 3.26. The van der Waals surface area contributed by atoms with Crippen LogP contribution in [-0.2, 0) is 23.1 Å². The van der Waals surface area contributed by atoms with Gasteiger partial charge in [-0.15, -0.1) is 0 Å². The molecule has 4 rings (SSSR count). The Labute approximate surface area is 140 Å². The monoisotopic (exact) mass is 354 g/mol. The van der Waals surface area contributed by atoms with Crippen molar-refractivity contribution < 1.29 is 27.1 Å². The molecule has 1 aromatic rings. The first kappa shape index (κ1) is 16.1. The van der Waals surface area contributed by atoms with E-state index in [-0.39, 0.29) is 18.7 Å². The molecule has 3 aliphatic carbocycles. The Hall–Kier alpha value is -2.38. The number of hydrogen-bond donors (Lipinski definition) is 0. The van der Waals surface area contributed by atoms with E-state index in [9.17, 15) is 22.4 Å². The van der Waals surface area contributed by atoms with Crippen LogP contribution in [0, 0.1) is 5.92 Å². The van der Waals surface area contributed by atoms with Gasteiger partial charge in [-0.1, -0.05) is 18.2 Å². The highest BCUT2D eigenvalue weighted by molar-refractivity contribution is 6.05. The molecule has 0 spiro atoms. The zero-order valence-electron chi connectivity index (χ0n) is 13.2. The van der Waals surface area contributed by atoms with Crippen molar-refractivity contribution in [3.05, 3.63) is 52.6 Å². The number of methoxy groups -OCH3 is 1. The number of rotatable bonds is 3. The molecule has 0 aliphatic heterocycles. The van der Waals surface area contributed by atoms with E-state index in [1.807, 2.05) is 0 Å². The Morgan fingerprint density at radius 3 is 2.84 bits per heavy atom. The Morgan fingerprint density at radius 1 is 1.40 bits per heavy atom. The third-order valence-corrected chi connectivity index (χ3v) is 4.81. The van der Waals surface area contributed by atoms with Gasteiger partial charge in [-0.3, -0.25) is 9.48 Å². The lowest BCUT2D eigenvalue weighted by Crippen LogP contribution is -2.14. The number of carbonyl (C=O) groups excluding carboxylic acids is 1. The number of carbonyl (C=O) groups is 1. The fraction of sp³-hybridized carbons (Fsp3) is 0.412. The molecular weight excluding hydrogens is 340 g/mol. The maximum atomic E-state index is 14.6. The summed E-state index contributed by atoms with van der Waals surface area (Å²) in [5.41, 5.74) is -3.68. The van der Waals surface area contributed by atoms with Crippen LogP contribution >= 0.6 is 0 Å². The highest BCUT2D eigenvalue weighted by Crippen LogP contribution is 2.64. The number of ketones is 1. The Balaban J connectivity index is 1.77. The van der Waals surface area contributed by atoms with Gasteiger partial charge in [-0.25, -0.2) is 4.39 Å². The number of hydrogen-bond acceptors (Lipinski definition) is 3. The zero-order chi connectivity index (χ0) is 18.0. The number of Topliss-reactive ketones (excluding diaryl/α,β-unsaturated/α-hetero) is 1. The van der Waals surface area contributed by atoms with E-state index < -0.39 is 34.8 Å². The zero-order valence-corrected chi connectivity index (χ0v) is 13.2. The molecule has 0 amide bonds. The summed E-state index contributed by atoms with van der Waals surface area (Å²) in [5.74, 6) is -0.883. The normalized spacial score (nSPS) is 27.4. The maximum Gasteiger partial charge on any atom is 0.435 e. The van der Waals surface area contributed by atoms with Crippen molar-refractivity contribution >= 4 is 5.78 Å². The predicted molar refractivity (Wildman–Crippen MR) is 79.4 cm³/mol. The quantitative estimate of drug-likeness (QED) is 0.778. The SMILES string of the molecule is COC1=CC=C(Cn2nc(C(F)(F)F)c3c2C(=O)C2CC32F)C=CC1. The van der Waals surface area contributed by atoms with Crippen molar-refractivity contribution in [3.63, 3.8) is 0 Å². The van der Waals surface area contributed by atoms with Crippen LogP contribution < -0.4 is 0 Å². The van der Waals surface area contributed by atoms with Crippen molar-refractivity contribution in [2.45, 2.75) is 31.2 Å². The third kappa shape index (κ3) is 2.34. The lowest BCUT2D eigenvalue weighted by atomic mass is 10.1. The number of aromatic nitrogens is 2. The van der Waals surface area contributed by atoms with Crippen molar-refractivity contribution in [2.24, 2.45) is 5.92 Å². The van der Waals surface area contributed by atoms with Gasteiger partial charge in [0.1, 0.15) is 5.69 Å². The molecule has 1 fully saturated rings. The first-order chi connectivity index (χ1) is 11.8. The van der Waals surface area contributed by atoms with Crippen LogP contribution in [0.2, 0.25) is 0 Å².